The van der Waals surface area contributed by atoms with Gasteiger partial charge in [0.15, 0.2) is 0 Å². The van der Waals surface area contributed by atoms with Gasteiger partial charge in [-0.3, -0.25) is 19.3 Å². The first-order chi connectivity index (χ1) is 18.6. The van der Waals surface area contributed by atoms with Crippen LogP contribution in [0.25, 0.3) is 6.08 Å². The zero-order valence-electron chi connectivity index (χ0n) is 23.8. The average Bonchev–Trinajstić information content (AvgIpc) is 2.92. The van der Waals surface area contributed by atoms with Crippen molar-refractivity contribution in [2.45, 2.75) is 64.8 Å². The molecule has 0 aromatic heterocycles. The predicted octanol–water partition coefficient (Wildman–Crippen LogP) is 3.38. The molecule has 2 aliphatic heterocycles. The van der Waals surface area contributed by atoms with E-state index in [1.807, 2.05) is 101 Å². The highest BCUT2D eigenvalue weighted by atomic mass is 16.5. The van der Waals surface area contributed by atoms with Crippen molar-refractivity contribution >= 4 is 23.8 Å². The molecule has 2 aromatic carbocycles. The summed E-state index contributed by atoms with van der Waals surface area (Å²) in [6.07, 6.45) is 3.85. The molecule has 0 spiro atoms. The number of hydrogen-bond donors (Lipinski definition) is 3. The van der Waals surface area contributed by atoms with E-state index in [0.717, 1.165) is 11.1 Å². The highest BCUT2D eigenvalue weighted by Gasteiger charge is 2.38. The number of hydrogen-bond acceptors (Lipinski definition) is 5. The lowest BCUT2D eigenvalue weighted by molar-refractivity contribution is -0.136. The molecule has 2 aliphatic rings. The van der Waals surface area contributed by atoms with Crippen molar-refractivity contribution in [1.82, 2.24) is 20.9 Å². The summed E-state index contributed by atoms with van der Waals surface area (Å²) in [4.78, 5) is 42.6. The molecule has 4 rings (SSSR count). The first-order valence-corrected chi connectivity index (χ1v) is 13.7. The van der Waals surface area contributed by atoms with Gasteiger partial charge >= 0.3 is 0 Å². The molecule has 0 saturated carbocycles. The third-order valence-electron chi connectivity index (χ3n) is 7.21. The summed E-state index contributed by atoms with van der Waals surface area (Å²) >= 11 is 0. The number of nitrogens with zero attached hydrogens (tertiary/aromatic N) is 1. The van der Waals surface area contributed by atoms with E-state index in [1.165, 1.54) is 0 Å². The second kappa shape index (κ2) is 13.9. The largest absolute Gasteiger partial charge is 0.487 e. The molecular formula is C31H42N4O4. The van der Waals surface area contributed by atoms with Gasteiger partial charge in [-0.25, -0.2) is 0 Å². The van der Waals surface area contributed by atoms with Gasteiger partial charge in [0, 0.05) is 6.20 Å². The van der Waals surface area contributed by atoms with E-state index in [9.17, 15) is 14.4 Å². The van der Waals surface area contributed by atoms with E-state index < -0.39 is 30.1 Å². The number of nitrogens with one attached hydrogen (secondary N) is 3. The molecule has 0 unspecified atom stereocenters. The van der Waals surface area contributed by atoms with Gasteiger partial charge in [-0.2, -0.15) is 0 Å². The lowest BCUT2D eigenvalue weighted by Gasteiger charge is -2.34. The third-order valence-corrected chi connectivity index (χ3v) is 7.21. The number of carbonyl (C=O) groups is 3. The summed E-state index contributed by atoms with van der Waals surface area (Å²) in [5, 5.41) is 8.73. The van der Waals surface area contributed by atoms with Crippen LogP contribution in [-0.4, -0.2) is 60.9 Å². The molecule has 3 amide bonds. The van der Waals surface area contributed by atoms with Gasteiger partial charge in [0.1, 0.15) is 23.9 Å². The molecule has 0 aliphatic carbocycles. The van der Waals surface area contributed by atoms with Crippen LogP contribution in [0.15, 0.2) is 60.8 Å². The molecule has 0 radical (unpaired) electrons. The second-order valence-corrected chi connectivity index (χ2v) is 10.8. The van der Waals surface area contributed by atoms with E-state index in [1.54, 1.807) is 12.3 Å². The van der Waals surface area contributed by atoms with Crippen LogP contribution in [0.5, 0.6) is 5.75 Å². The van der Waals surface area contributed by atoms with Gasteiger partial charge in [0.2, 0.25) is 17.7 Å². The topological polar surface area (TPSA) is 99.8 Å². The molecule has 5 atom stereocenters. The molecule has 0 fully saturated rings. The fourth-order valence-corrected chi connectivity index (χ4v) is 4.55. The molecule has 3 N–H and O–H groups in total. The number of likely N-dealkylation sites (N-methyl/N-ethyl adjacent to an activating group) is 1. The van der Waals surface area contributed by atoms with Gasteiger partial charge in [0.25, 0.3) is 0 Å². The highest BCUT2D eigenvalue weighted by Crippen LogP contribution is 2.21. The minimum Gasteiger partial charge on any atom is -0.487 e. The van der Waals surface area contributed by atoms with E-state index >= 15 is 0 Å². The first-order valence-electron chi connectivity index (χ1n) is 13.7. The maximum atomic E-state index is 13.9. The van der Waals surface area contributed by atoms with Crippen molar-refractivity contribution in [2.24, 2.45) is 11.8 Å². The average molecular weight is 535 g/mol. The summed E-state index contributed by atoms with van der Waals surface area (Å²) in [6.45, 7) is 7.78. The van der Waals surface area contributed by atoms with Crippen LogP contribution in [-0.2, 0) is 20.8 Å². The van der Waals surface area contributed by atoms with E-state index in [-0.39, 0.29) is 23.7 Å². The van der Waals surface area contributed by atoms with Gasteiger partial charge in [-0.1, -0.05) is 76.6 Å². The fraction of sp³-hybridized carbons (Fsp3) is 0.452. The Morgan fingerprint density at radius 3 is 2.26 bits per heavy atom. The lowest BCUT2D eigenvalue weighted by atomic mass is 9.94. The molecule has 0 saturated heterocycles. The van der Waals surface area contributed by atoms with E-state index in [4.69, 9.17) is 4.74 Å². The Labute approximate surface area is 232 Å². The lowest BCUT2D eigenvalue weighted by Crippen LogP contribution is -2.62. The maximum Gasteiger partial charge on any atom is 0.247 e. The Morgan fingerprint density at radius 2 is 1.67 bits per heavy atom. The Kier molecular flexibility index (Phi) is 10.7. The predicted molar refractivity (Wildman–Crippen MR) is 154 cm³/mol. The van der Waals surface area contributed by atoms with Crippen molar-refractivity contribution < 1.29 is 19.1 Å². The number of fused-ring (bicyclic) bond motifs is 10. The summed E-state index contributed by atoms with van der Waals surface area (Å²) < 4.78 is 6.35. The first kappa shape index (κ1) is 29.9. The van der Waals surface area contributed by atoms with Crippen molar-refractivity contribution in [2.75, 3.05) is 14.1 Å². The summed E-state index contributed by atoms with van der Waals surface area (Å²) in [5.74, 6) is -0.734. The van der Waals surface area contributed by atoms with Crippen molar-refractivity contribution in [1.29, 1.82) is 0 Å². The Hall–Kier alpha value is -3.65. The summed E-state index contributed by atoms with van der Waals surface area (Å²) in [7, 11) is 3.69. The summed E-state index contributed by atoms with van der Waals surface area (Å²) in [5.41, 5.74) is 1.91. The number of rotatable bonds is 8. The SMILES string of the molecule is CC[C@H](C)[C@@H]1NC(=O)[C@@H](NC(=O)[C@@H](Cc2ccccc2)N(C)C)[C@H](C(C)C)Oc2ccc(cc2)/C=C/NC1=O. The van der Waals surface area contributed by atoms with E-state index in [0.29, 0.717) is 18.6 Å². The smallest absolute Gasteiger partial charge is 0.247 e. The van der Waals surface area contributed by atoms with Crippen LogP contribution in [0.3, 0.4) is 0 Å². The maximum absolute atomic E-state index is 13.9. The Bertz CT molecular complexity index is 1130. The summed E-state index contributed by atoms with van der Waals surface area (Å²) in [6, 6.07) is 14.8. The minimum absolute atomic E-state index is 0.128. The molecule has 2 aromatic rings. The van der Waals surface area contributed by atoms with E-state index in [2.05, 4.69) is 16.0 Å². The Morgan fingerprint density at radius 1 is 1.00 bits per heavy atom. The van der Waals surface area contributed by atoms with Crippen molar-refractivity contribution in [3.05, 3.63) is 71.9 Å². The third kappa shape index (κ3) is 8.17. The van der Waals surface area contributed by atoms with Crippen LogP contribution in [0.2, 0.25) is 0 Å². The van der Waals surface area contributed by atoms with Gasteiger partial charge < -0.3 is 20.7 Å². The van der Waals surface area contributed by atoms with Crippen molar-refractivity contribution in [3.63, 3.8) is 0 Å². The fourth-order valence-electron chi connectivity index (χ4n) is 4.55. The zero-order valence-corrected chi connectivity index (χ0v) is 23.8. The normalized spacial score (nSPS) is 22.3. The zero-order chi connectivity index (χ0) is 28.5. The van der Waals surface area contributed by atoms with Crippen LogP contribution >= 0.6 is 0 Å². The van der Waals surface area contributed by atoms with Crippen LogP contribution in [0.1, 0.15) is 45.2 Å². The van der Waals surface area contributed by atoms with Crippen LogP contribution < -0.4 is 20.7 Å². The number of carbonyl (C=O) groups excluding carboxylic acids is 3. The molecular weight excluding hydrogens is 492 g/mol. The van der Waals surface area contributed by atoms with Crippen molar-refractivity contribution in [3.8, 4) is 5.75 Å². The Balaban J connectivity index is 1.99. The van der Waals surface area contributed by atoms with Gasteiger partial charge in [0.05, 0.1) is 6.04 Å². The number of amides is 3. The van der Waals surface area contributed by atoms with Gasteiger partial charge in [-0.15, -0.1) is 0 Å². The van der Waals surface area contributed by atoms with Gasteiger partial charge in [-0.05, 0) is 61.7 Å². The second-order valence-electron chi connectivity index (χ2n) is 10.8. The molecule has 8 nitrogen and oxygen atoms in total. The monoisotopic (exact) mass is 534 g/mol. The highest BCUT2D eigenvalue weighted by molar-refractivity contribution is 5.94. The van der Waals surface area contributed by atoms with Crippen LogP contribution in [0, 0.1) is 11.8 Å². The number of ether oxygens (including phenoxy) is 1. The minimum atomic E-state index is -1.03. The van der Waals surface area contributed by atoms with Crippen LogP contribution in [0.4, 0.5) is 0 Å². The molecule has 2 heterocycles. The molecule has 8 heteroatoms. The standard InChI is InChI=1S/C31H42N4O4/c1-7-21(4)26-30(37)32-18-17-22-13-15-24(16-14-22)39-28(20(2)3)27(31(38)33-26)34-29(36)25(35(5)6)19-23-11-9-8-10-12-23/h8-18,20-21,25-28H,7,19H2,1-6H3,(H,32,37)(H,33,38)(H,34,36)/b18-17+/t21-,25+,26-,27-,28-/m0/s1. The molecule has 39 heavy (non-hydrogen) atoms. The quantitative estimate of drug-likeness (QED) is 0.482. The molecule has 210 valence electrons. The molecule has 2 bridgehead atoms. The number of benzene rings is 2.